The first kappa shape index (κ1) is 17.3. The Labute approximate surface area is 154 Å². The number of allylic oxidation sites excluding steroid dienone is 1. The Bertz CT molecular complexity index is 904. The summed E-state index contributed by atoms with van der Waals surface area (Å²) in [4.78, 5) is 5.63. The van der Waals surface area contributed by atoms with Crippen molar-refractivity contribution >= 4 is 12.3 Å². The minimum atomic E-state index is -0.419. The number of rotatable bonds is 5. The van der Waals surface area contributed by atoms with E-state index in [2.05, 4.69) is 17.0 Å². The van der Waals surface area contributed by atoms with Crippen LogP contribution >= 0.6 is 0 Å². The van der Waals surface area contributed by atoms with Crippen LogP contribution in [0.1, 0.15) is 22.8 Å². The quantitative estimate of drug-likeness (QED) is 0.342. The molecule has 2 heteroatoms. The molecule has 1 unspecified atom stereocenters. The largest absolute Gasteiger partial charge is 0.374 e. The van der Waals surface area contributed by atoms with Crippen LogP contribution in [0.25, 0.3) is 6.08 Å². The first-order chi connectivity index (χ1) is 12.9. The van der Waals surface area contributed by atoms with E-state index in [4.69, 9.17) is 4.84 Å². The fourth-order valence-corrected chi connectivity index (χ4v) is 2.32. The summed E-state index contributed by atoms with van der Waals surface area (Å²) < 4.78 is 0. The molecule has 0 aliphatic heterocycles. The summed E-state index contributed by atoms with van der Waals surface area (Å²) in [6.07, 6.45) is 5.03. The maximum absolute atomic E-state index is 5.63. The minimum absolute atomic E-state index is 0.419. The molecule has 0 heterocycles. The van der Waals surface area contributed by atoms with Gasteiger partial charge in [0.25, 0.3) is 0 Å². The standard InChI is InChI=1S/C24H19NO/c1-4-11-21(12-5-1)15-10-20-25-26-24(23-16-8-3-9-17-23)19-18-22-13-6-2-7-14-22/h1-17,20,24H/b15-10+,25-20-. The van der Waals surface area contributed by atoms with E-state index in [1.165, 1.54) is 0 Å². The van der Waals surface area contributed by atoms with Gasteiger partial charge in [-0.1, -0.05) is 96.0 Å². The number of hydrogen-bond acceptors (Lipinski definition) is 2. The average Bonchev–Trinajstić information content (AvgIpc) is 2.72. The van der Waals surface area contributed by atoms with E-state index in [1.807, 2.05) is 103 Å². The molecule has 1 atom stereocenters. The summed E-state index contributed by atoms with van der Waals surface area (Å²) in [5.74, 6) is 6.29. The van der Waals surface area contributed by atoms with E-state index in [0.29, 0.717) is 0 Å². The second-order valence-corrected chi connectivity index (χ2v) is 5.56. The molecule has 2 nitrogen and oxygen atoms in total. The van der Waals surface area contributed by atoms with E-state index in [-0.39, 0.29) is 0 Å². The maximum atomic E-state index is 5.63. The maximum Gasteiger partial charge on any atom is 0.213 e. The molecule has 0 aliphatic carbocycles. The third kappa shape index (κ3) is 5.51. The van der Waals surface area contributed by atoms with Gasteiger partial charge in [0.1, 0.15) is 0 Å². The third-order valence-corrected chi connectivity index (χ3v) is 3.63. The second-order valence-electron chi connectivity index (χ2n) is 5.56. The molecule has 3 rings (SSSR count). The van der Waals surface area contributed by atoms with Gasteiger partial charge in [0.2, 0.25) is 6.10 Å². The number of hydrogen-bond donors (Lipinski definition) is 0. The number of nitrogens with zero attached hydrogens (tertiary/aromatic N) is 1. The molecule has 0 fully saturated rings. The normalized spacial score (nSPS) is 11.8. The van der Waals surface area contributed by atoms with Crippen LogP contribution in [-0.2, 0) is 4.84 Å². The van der Waals surface area contributed by atoms with Crippen LogP contribution < -0.4 is 0 Å². The van der Waals surface area contributed by atoms with Crippen LogP contribution in [0.2, 0.25) is 0 Å². The first-order valence-corrected chi connectivity index (χ1v) is 8.44. The molecule has 0 N–H and O–H groups in total. The van der Waals surface area contributed by atoms with Crippen molar-refractivity contribution in [3.8, 4) is 11.8 Å². The summed E-state index contributed by atoms with van der Waals surface area (Å²) in [7, 11) is 0. The van der Waals surface area contributed by atoms with E-state index >= 15 is 0 Å². The molecular formula is C24H19NO. The van der Waals surface area contributed by atoms with Crippen molar-refractivity contribution in [2.45, 2.75) is 6.10 Å². The van der Waals surface area contributed by atoms with Crippen LogP contribution in [0, 0.1) is 11.8 Å². The highest BCUT2D eigenvalue weighted by Gasteiger charge is 2.08. The fourth-order valence-electron chi connectivity index (χ4n) is 2.32. The van der Waals surface area contributed by atoms with Crippen LogP contribution in [0.5, 0.6) is 0 Å². The molecule has 0 saturated carbocycles. The zero-order chi connectivity index (χ0) is 17.9. The van der Waals surface area contributed by atoms with Gasteiger partial charge >= 0.3 is 0 Å². The summed E-state index contributed by atoms with van der Waals surface area (Å²) in [5.41, 5.74) is 3.03. The van der Waals surface area contributed by atoms with Gasteiger partial charge in [-0.15, -0.1) is 0 Å². The van der Waals surface area contributed by atoms with Gasteiger partial charge in [-0.25, -0.2) is 0 Å². The zero-order valence-corrected chi connectivity index (χ0v) is 14.3. The van der Waals surface area contributed by atoms with E-state index < -0.39 is 6.10 Å². The van der Waals surface area contributed by atoms with Gasteiger partial charge in [-0.3, -0.25) is 0 Å². The molecule has 126 valence electrons. The van der Waals surface area contributed by atoms with E-state index in [1.54, 1.807) is 6.21 Å². The fraction of sp³-hybridized carbons (Fsp3) is 0.0417. The number of oxime groups is 1. The Kier molecular flexibility index (Phi) is 6.41. The summed E-state index contributed by atoms with van der Waals surface area (Å²) in [5, 5.41) is 4.06. The van der Waals surface area contributed by atoms with Crippen molar-refractivity contribution < 1.29 is 4.84 Å². The molecule has 0 bridgehead atoms. The van der Waals surface area contributed by atoms with Crippen molar-refractivity contribution in [2.75, 3.05) is 0 Å². The lowest BCUT2D eigenvalue weighted by atomic mass is 10.1. The molecule has 0 aliphatic rings. The first-order valence-electron chi connectivity index (χ1n) is 8.44. The van der Waals surface area contributed by atoms with E-state index in [9.17, 15) is 0 Å². The predicted molar refractivity (Wildman–Crippen MR) is 108 cm³/mol. The molecule has 0 amide bonds. The molecule has 0 radical (unpaired) electrons. The van der Waals surface area contributed by atoms with Crippen LogP contribution in [0.15, 0.2) is 102 Å². The second kappa shape index (κ2) is 9.66. The number of benzene rings is 3. The molecule has 3 aromatic carbocycles. The zero-order valence-electron chi connectivity index (χ0n) is 14.3. The molecule has 0 saturated heterocycles. The minimum Gasteiger partial charge on any atom is -0.374 e. The van der Waals surface area contributed by atoms with E-state index in [0.717, 1.165) is 16.7 Å². The van der Waals surface area contributed by atoms with Crippen molar-refractivity contribution in [1.82, 2.24) is 0 Å². The summed E-state index contributed by atoms with van der Waals surface area (Å²) in [6.45, 7) is 0. The van der Waals surface area contributed by atoms with Crippen LogP contribution in [0.3, 0.4) is 0 Å². The van der Waals surface area contributed by atoms with Gasteiger partial charge in [-0.05, 0) is 29.7 Å². The Morgan fingerprint density at radius 3 is 2.08 bits per heavy atom. The van der Waals surface area contributed by atoms with Gasteiger partial charge in [-0.2, -0.15) is 0 Å². The SMILES string of the molecule is C(#CC(O/N=C\C=C\c1ccccc1)c1ccccc1)c1ccccc1. The molecule has 26 heavy (non-hydrogen) atoms. The van der Waals surface area contributed by atoms with Crippen molar-refractivity contribution in [3.05, 3.63) is 114 Å². The molecule has 3 aromatic rings. The Morgan fingerprint density at radius 1 is 0.769 bits per heavy atom. The highest BCUT2D eigenvalue weighted by molar-refractivity contribution is 5.77. The monoisotopic (exact) mass is 337 g/mol. The molecular weight excluding hydrogens is 318 g/mol. The lowest BCUT2D eigenvalue weighted by molar-refractivity contribution is 0.101. The van der Waals surface area contributed by atoms with Crippen LogP contribution in [0.4, 0.5) is 0 Å². The lowest BCUT2D eigenvalue weighted by Gasteiger charge is -2.08. The molecule has 0 spiro atoms. The molecule has 0 aromatic heterocycles. The van der Waals surface area contributed by atoms with Crippen LogP contribution in [-0.4, -0.2) is 6.21 Å². The van der Waals surface area contributed by atoms with Crippen molar-refractivity contribution in [3.63, 3.8) is 0 Å². The highest BCUT2D eigenvalue weighted by Crippen LogP contribution is 2.16. The summed E-state index contributed by atoms with van der Waals surface area (Å²) >= 11 is 0. The lowest BCUT2D eigenvalue weighted by Crippen LogP contribution is -1.97. The Morgan fingerprint density at radius 2 is 1.38 bits per heavy atom. The van der Waals surface area contributed by atoms with Gasteiger partial charge < -0.3 is 4.84 Å². The van der Waals surface area contributed by atoms with Crippen molar-refractivity contribution in [1.29, 1.82) is 0 Å². The Hall–Kier alpha value is -3.57. The third-order valence-electron chi connectivity index (χ3n) is 3.63. The highest BCUT2D eigenvalue weighted by atomic mass is 16.6. The van der Waals surface area contributed by atoms with Gasteiger partial charge in [0, 0.05) is 11.1 Å². The topological polar surface area (TPSA) is 21.6 Å². The average molecular weight is 337 g/mol. The van der Waals surface area contributed by atoms with Gasteiger partial charge in [0.05, 0.1) is 6.21 Å². The summed E-state index contributed by atoms with van der Waals surface area (Å²) in [6, 6.07) is 29.8. The van der Waals surface area contributed by atoms with Gasteiger partial charge in [0.15, 0.2) is 0 Å². The smallest absolute Gasteiger partial charge is 0.213 e. The predicted octanol–water partition coefficient (Wildman–Crippen LogP) is 5.50. The Balaban J connectivity index is 1.69. The van der Waals surface area contributed by atoms with Crippen molar-refractivity contribution in [2.24, 2.45) is 5.16 Å².